The number of nitrogens with zero attached hydrogens (tertiary/aromatic N) is 4. The Kier molecular flexibility index (Phi) is 7.95. The Morgan fingerprint density at radius 2 is 1.83 bits per heavy atom. The number of urea groups is 1. The van der Waals surface area contributed by atoms with Gasteiger partial charge in [0.2, 0.25) is 0 Å². The van der Waals surface area contributed by atoms with Crippen molar-refractivity contribution in [3.05, 3.63) is 82.6 Å². The lowest BCUT2D eigenvalue weighted by molar-refractivity contribution is 0.215. The Hall–Kier alpha value is -3.48. The molecule has 0 aliphatic carbocycles. The highest BCUT2D eigenvalue weighted by Crippen LogP contribution is 2.26. The van der Waals surface area contributed by atoms with Gasteiger partial charge in [-0.05, 0) is 55.5 Å². The van der Waals surface area contributed by atoms with Crippen molar-refractivity contribution in [1.82, 2.24) is 14.9 Å². The van der Waals surface area contributed by atoms with Crippen LogP contribution in [0.15, 0.2) is 48.5 Å². The van der Waals surface area contributed by atoms with E-state index in [-0.39, 0.29) is 11.8 Å². The predicted octanol–water partition coefficient (Wildman–Crippen LogP) is 5.38. The molecule has 0 radical (unpaired) electrons. The van der Waals surface area contributed by atoms with Crippen molar-refractivity contribution in [2.24, 2.45) is 0 Å². The first-order valence-corrected chi connectivity index (χ1v) is 12.5. The maximum atomic E-state index is 13.9. The standard InChI is InChI=1S/C28H34FN5O/c1-4-22-11-6-7-13-26(22)32-28(35)34-15-9-14-33(16-17-34)27-24(25(5-2)30-20(3)31-27)19-21-10-8-12-23(29)18-21/h6-8,10-13,18H,4-5,9,14-17,19H2,1-3H3,(H,32,35). The number of carbonyl (C=O) groups excluding carboxylic acids is 1. The topological polar surface area (TPSA) is 61.4 Å². The van der Waals surface area contributed by atoms with Crippen LogP contribution in [0.1, 0.15) is 48.5 Å². The Bertz CT molecular complexity index is 1180. The van der Waals surface area contributed by atoms with Crippen molar-refractivity contribution < 1.29 is 9.18 Å². The molecular weight excluding hydrogens is 441 g/mol. The van der Waals surface area contributed by atoms with Gasteiger partial charge < -0.3 is 15.1 Å². The van der Waals surface area contributed by atoms with Crippen molar-refractivity contribution in [3.8, 4) is 0 Å². The number of aryl methyl sites for hydroxylation is 3. The Morgan fingerprint density at radius 3 is 2.60 bits per heavy atom. The molecule has 2 aromatic carbocycles. The molecule has 0 atom stereocenters. The summed E-state index contributed by atoms with van der Waals surface area (Å²) in [5, 5.41) is 3.10. The second-order valence-corrected chi connectivity index (χ2v) is 8.95. The second kappa shape index (κ2) is 11.3. The van der Waals surface area contributed by atoms with Gasteiger partial charge in [0.15, 0.2) is 0 Å². The quantitative estimate of drug-likeness (QED) is 0.520. The lowest BCUT2D eigenvalue weighted by Gasteiger charge is -2.26. The number of anilines is 2. The van der Waals surface area contributed by atoms with Crippen molar-refractivity contribution in [2.45, 2.75) is 46.5 Å². The predicted molar refractivity (Wildman–Crippen MR) is 139 cm³/mol. The summed E-state index contributed by atoms with van der Waals surface area (Å²) in [5.41, 5.74) is 4.93. The van der Waals surface area contributed by atoms with E-state index in [0.717, 1.165) is 65.5 Å². The number of hydrogen-bond acceptors (Lipinski definition) is 4. The largest absolute Gasteiger partial charge is 0.354 e. The van der Waals surface area contributed by atoms with Crippen LogP contribution in [0, 0.1) is 12.7 Å². The second-order valence-electron chi connectivity index (χ2n) is 8.95. The number of nitrogens with one attached hydrogen (secondary N) is 1. The fourth-order valence-electron chi connectivity index (χ4n) is 4.70. The molecule has 1 N–H and O–H groups in total. The average molecular weight is 476 g/mol. The molecule has 1 aliphatic heterocycles. The molecule has 0 saturated carbocycles. The molecule has 1 aromatic heterocycles. The molecule has 3 aromatic rings. The van der Waals surface area contributed by atoms with Gasteiger partial charge in [0, 0.05) is 49.5 Å². The summed E-state index contributed by atoms with van der Waals surface area (Å²) in [4.78, 5) is 26.7. The number of benzene rings is 2. The van der Waals surface area contributed by atoms with Crippen LogP contribution in [0.4, 0.5) is 20.7 Å². The van der Waals surface area contributed by atoms with Gasteiger partial charge in [0.25, 0.3) is 0 Å². The monoisotopic (exact) mass is 475 g/mol. The number of amides is 2. The molecule has 0 bridgehead atoms. The number of halogens is 1. The van der Waals surface area contributed by atoms with E-state index in [9.17, 15) is 9.18 Å². The van der Waals surface area contributed by atoms with Gasteiger partial charge in [0.1, 0.15) is 17.5 Å². The average Bonchev–Trinajstić information content (AvgIpc) is 3.11. The van der Waals surface area contributed by atoms with Gasteiger partial charge in [-0.1, -0.05) is 44.2 Å². The lowest BCUT2D eigenvalue weighted by atomic mass is 10.0. The lowest BCUT2D eigenvalue weighted by Crippen LogP contribution is -2.38. The van der Waals surface area contributed by atoms with Gasteiger partial charge in [-0.15, -0.1) is 0 Å². The van der Waals surface area contributed by atoms with Crippen LogP contribution < -0.4 is 10.2 Å². The van der Waals surface area contributed by atoms with Crippen molar-refractivity contribution >= 4 is 17.5 Å². The number of rotatable bonds is 6. The van der Waals surface area contributed by atoms with Gasteiger partial charge in [0.05, 0.1) is 0 Å². The normalized spacial score (nSPS) is 14.1. The van der Waals surface area contributed by atoms with Crippen LogP contribution in [-0.2, 0) is 19.3 Å². The van der Waals surface area contributed by atoms with Crippen LogP contribution in [0.3, 0.4) is 0 Å². The molecule has 4 rings (SSSR count). The zero-order valence-electron chi connectivity index (χ0n) is 20.9. The summed E-state index contributed by atoms with van der Waals surface area (Å²) in [6, 6.07) is 14.6. The molecule has 35 heavy (non-hydrogen) atoms. The molecule has 184 valence electrons. The summed E-state index contributed by atoms with van der Waals surface area (Å²) in [6.07, 6.45) is 3.06. The number of hydrogen-bond donors (Lipinski definition) is 1. The van der Waals surface area contributed by atoms with E-state index in [4.69, 9.17) is 4.98 Å². The summed E-state index contributed by atoms with van der Waals surface area (Å²) < 4.78 is 13.9. The molecule has 6 nitrogen and oxygen atoms in total. The minimum absolute atomic E-state index is 0.0687. The first kappa shape index (κ1) is 24.6. The summed E-state index contributed by atoms with van der Waals surface area (Å²) in [7, 11) is 0. The van der Waals surface area contributed by atoms with E-state index in [2.05, 4.69) is 29.0 Å². The fourth-order valence-corrected chi connectivity index (χ4v) is 4.70. The van der Waals surface area contributed by atoms with E-state index in [0.29, 0.717) is 26.1 Å². The third-order valence-electron chi connectivity index (χ3n) is 6.51. The van der Waals surface area contributed by atoms with Gasteiger partial charge in [-0.2, -0.15) is 0 Å². The molecule has 1 saturated heterocycles. The van der Waals surface area contributed by atoms with Gasteiger partial charge in [-0.25, -0.2) is 19.2 Å². The third kappa shape index (κ3) is 5.96. The maximum absolute atomic E-state index is 13.9. The first-order valence-electron chi connectivity index (χ1n) is 12.5. The highest BCUT2D eigenvalue weighted by atomic mass is 19.1. The minimum atomic E-state index is -0.240. The van der Waals surface area contributed by atoms with Crippen molar-refractivity contribution in [1.29, 1.82) is 0 Å². The summed E-state index contributed by atoms with van der Waals surface area (Å²) in [6.45, 7) is 8.85. The zero-order chi connectivity index (χ0) is 24.8. The zero-order valence-corrected chi connectivity index (χ0v) is 20.9. The summed E-state index contributed by atoms with van der Waals surface area (Å²) in [5.74, 6) is 1.39. The van der Waals surface area contributed by atoms with Gasteiger partial charge >= 0.3 is 6.03 Å². The highest BCUT2D eigenvalue weighted by Gasteiger charge is 2.24. The molecule has 0 spiro atoms. The van der Waals surface area contributed by atoms with Crippen molar-refractivity contribution in [2.75, 3.05) is 36.4 Å². The first-order chi connectivity index (χ1) is 17.0. The van der Waals surface area contributed by atoms with Crippen LogP contribution in [0.2, 0.25) is 0 Å². The van der Waals surface area contributed by atoms with Crippen LogP contribution in [0.5, 0.6) is 0 Å². The van der Waals surface area contributed by atoms with Crippen LogP contribution in [-0.4, -0.2) is 47.1 Å². The SMILES string of the molecule is CCc1ccccc1NC(=O)N1CCCN(c2nc(C)nc(CC)c2Cc2cccc(F)c2)CC1. The smallest absolute Gasteiger partial charge is 0.321 e. The van der Waals surface area contributed by atoms with E-state index in [1.54, 1.807) is 12.1 Å². The maximum Gasteiger partial charge on any atom is 0.321 e. The van der Waals surface area contributed by atoms with Crippen LogP contribution in [0.25, 0.3) is 0 Å². The minimum Gasteiger partial charge on any atom is -0.354 e. The molecule has 2 amide bonds. The van der Waals surface area contributed by atoms with E-state index in [1.165, 1.54) is 6.07 Å². The molecule has 1 aliphatic rings. The number of para-hydroxylation sites is 1. The van der Waals surface area contributed by atoms with E-state index in [1.807, 2.05) is 42.2 Å². The van der Waals surface area contributed by atoms with Crippen LogP contribution >= 0.6 is 0 Å². The van der Waals surface area contributed by atoms with Crippen molar-refractivity contribution in [3.63, 3.8) is 0 Å². The van der Waals surface area contributed by atoms with E-state index >= 15 is 0 Å². The summed E-state index contributed by atoms with van der Waals surface area (Å²) >= 11 is 0. The Balaban J connectivity index is 1.54. The van der Waals surface area contributed by atoms with Gasteiger partial charge in [-0.3, -0.25) is 0 Å². The number of carbonyl (C=O) groups is 1. The van der Waals surface area contributed by atoms with E-state index < -0.39 is 0 Å². The molecule has 1 fully saturated rings. The molecule has 7 heteroatoms. The third-order valence-corrected chi connectivity index (χ3v) is 6.51. The molecular formula is C28H34FN5O. The fraction of sp³-hybridized carbons (Fsp3) is 0.393. The Morgan fingerprint density at radius 1 is 1.00 bits per heavy atom. The molecule has 2 heterocycles. The molecule has 0 unspecified atom stereocenters. The number of aromatic nitrogens is 2. The highest BCUT2D eigenvalue weighted by molar-refractivity contribution is 5.90. The Labute approximate surface area is 207 Å².